The summed E-state index contributed by atoms with van der Waals surface area (Å²) in [7, 11) is 0. The molecule has 0 N–H and O–H groups in total. The molecule has 9 heavy (non-hydrogen) atoms. The Morgan fingerprint density at radius 2 is 1.56 bits per heavy atom. The Hall–Kier alpha value is -0.870. The van der Waals surface area contributed by atoms with Crippen LogP contribution < -0.4 is 0 Å². The molecule has 2 nitrogen and oxygen atoms in total. The second kappa shape index (κ2) is 1.55. The van der Waals surface area contributed by atoms with Crippen LogP contribution in [0.4, 0.5) is 13.2 Å². The first kappa shape index (κ1) is 6.25. The summed E-state index contributed by atoms with van der Waals surface area (Å²) in [6.45, 7) is 0.749. The monoisotopic (exact) mass is 140 g/mol. The van der Waals surface area contributed by atoms with Gasteiger partial charge in [0.25, 0.3) is 0 Å². The molecule has 0 atom stereocenters. The topological polar surface area (TPSA) is 18.5 Å². The molecular formula is C4H3F3O2. The summed E-state index contributed by atoms with van der Waals surface area (Å²) in [4.78, 5) is 0. The lowest BCUT2D eigenvalue weighted by Crippen LogP contribution is -2.18. The van der Waals surface area contributed by atoms with Crippen LogP contribution in [0, 0.1) is 0 Å². The average molecular weight is 140 g/mol. The van der Waals surface area contributed by atoms with E-state index in [9.17, 15) is 13.2 Å². The third-order valence-corrected chi connectivity index (χ3v) is 0.698. The number of rotatable bonds is 0. The summed E-state index contributed by atoms with van der Waals surface area (Å²) >= 11 is 0. The maximum atomic E-state index is 12.1. The van der Waals surface area contributed by atoms with Crippen LogP contribution >= 0.6 is 0 Å². The summed E-state index contributed by atoms with van der Waals surface area (Å²) in [6.07, 6.45) is 0. The maximum absolute atomic E-state index is 12.1. The van der Waals surface area contributed by atoms with E-state index in [2.05, 4.69) is 9.47 Å². The van der Waals surface area contributed by atoms with Crippen LogP contribution in [-0.2, 0) is 9.47 Å². The van der Waals surface area contributed by atoms with Gasteiger partial charge in [0.15, 0.2) is 0 Å². The van der Waals surface area contributed by atoms with E-state index in [4.69, 9.17) is 0 Å². The van der Waals surface area contributed by atoms with Crippen LogP contribution in [0.2, 0.25) is 0 Å². The van der Waals surface area contributed by atoms with Gasteiger partial charge in [-0.05, 0) is 0 Å². The number of hydrogen-bond donors (Lipinski definition) is 0. The predicted octanol–water partition coefficient (Wildman–Crippen LogP) is 1.74. The smallest absolute Gasteiger partial charge is 0.396 e. The Morgan fingerprint density at radius 1 is 1.22 bits per heavy atom. The predicted molar refractivity (Wildman–Crippen MR) is 20.9 cm³/mol. The lowest BCUT2D eigenvalue weighted by atomic mass is 10.7. The fourth-order valence-corrected chi connectivity index (χ4v) is 0.421. The minimum atomic E-state index is -2.69. The molecule has 0 aromatic carbocycles. The molecule has 52 valence electrons. The molecule has 1 aliphatic heterocycles. The standard InChI is InChI=1S/C4H3F3O2/c1-4(7)8-2(5)3(6)9-4/h1H3. The van der Waals surface area contributed by atoms with Crippen molar-refractivity contribution in [3.8, 4) is 0 Å². The van der Waals surface area contributed by atoms with E-state index in [1.807, 2.05) is 0 Å². The lowest BCUT2D eigenvalue weighted by Gasteiger charge is -2.09. The highest BCUT2D eigenvalue weighted by molar-refractivity contribution is 4.90. The molecule has 0 aliphatic carbocycles. The van der Waals surface area contributed by atoms with Crippen molar-refractivity contribution in [2.24, 2.45) is 0 Å². The zero-order valence-corrected chi connectivity index (χ0v) is 4.45. The average Bonchev–Trinajstić information content (AvgIpc) is 1.79. The van der Waals surface area contributed by atoms with Crippen molar-refractivity contribution in [3.05, 3.63) is 12.0 Å². The first-order valence-electron chi connectivity index (χ1n) is 2.13. The summed E-state index contributed by atoms with van der Waals surface area (Å²) < 4.78 is 42.8. The third-order valence-electron chi connectivity index (χ3n) is 0.698. The molecule has 1 aliphatic rings. The normalized spacial score (nSPS) is 23.6. The van der Waals surface area contributed by atoms with E-state index >= 15 is 0 Å². The Kier molecular flexibility index (Phi) is 1.08. The second-order valence-electron chi connectivity index (χ2n) is 1.59. The first-order chi connectivity index (χ1) is 4.01. The highest BCUT2D eigenvalue weighted by Gasteiger charge is 2.39. The Morgan fingerprint density at radius 3 is 1.67 bits per heavy atom. The Balaban J connectivity index is 2.70. The van der Waals surface area contributed by atoms with Crippen molar-refractivity contribution in [3.63, 3.8) is 0 Å². The third kappa shape index (κ3) is 1.09. The van der Waals surface area contributed by atoms with Crippen molar-refractivity contribution in [2.45, 2.75) is 13.0 Å². The first-order valence-corrected chi connectivity index (χ1v) is 2.13. The van der Waals surface area contributed by atoms with Gasteiger partial charge < -0.3 is 9.47 Å². The van der Waals surface area contributed by atoms with E-state index in [1.54, 1.807) is 0 Å². The molecule has 1 heterocycles. The van der Waals surface area contributed by atoms with Crippen molar-refractivity contribution < 1.29 is 22.6 Å². The Bertz CT molecular complexity index is 147. The van der Waals surface area contributed by atoms with E-state index in [0.717, 1.165) is 6.92 Å². The van der Waals surface area contributed by atoms with Gasteiger partial charge >= 0.3 is 18.1 Å². The lowest BCUT2D eigenvalue weighted by molar-refractivity contribution is -0.246. The molecule has 0 radical (unpaired) electrons. The molecule has 0 fully saturated rings. The van der Waals surface area contributed by atoms with E-state index in [-0.39, 0.29) is 0 Å². The molecule has 5 heteroatoms. The molecule has 1 rings (SSSR count). The van der Waals surface area contributed by atoms with Gasteiger partial charge in [0.1, 0.15) is 0 Å². The van der Waals surface area contributed by atoms with Crippen LogP contribution in [0.25, 0.3) is 0 Å². The quantitative estimate of drug-likeness (QED) is 0.510. The van der Waals surface area contributed by atoms with Gasteiger partial charge in [0.05, 0.1) is 0 Å². The number of halogens is 3. The zero-order chi connectivity index (χ0) is 7.07. The minimum absolute atomic E-state index is 0.749. The van der Waals surface area contributed by atoms with Crippen molar-refractivity contribution in [1.29, 1.82) is 0 Å². The highest BCUT2D eigenvalue weighted by Crippen LogP contribution is 2.32. The van der Waals surface area contributed by atoms with Crippen LogP contribution in [0.1, 0.15) is 6.92 Å². The number of alkyl halides is 1. The molecule has 0 spiro atoms. The molecule has 0 saturated carbocycles. The Labute approximate surface area is 48.9 Å². The van der Waals surface area contributed by atoms with Crippen molar-refractivity contribution in [1.82, 2.24) is 0 Å². The van der Waals surface area contributed by atoms with Gasteiger partial charge in [-0.2, -0.15) is 13.2 Å². The van der Waals surface area contributed by atoms with Gasteiger partial charge in [-0.15, -0.1) is 0 Å². The summed E-state index contributed by atoms with van der Waals surface area (Å²) in [5.41, 5.74) is 0. The second-order valence-corrected chi connectivity index (χ2v) is 1.59. The minimum Gasteiger partial charge on any atom is -0.396 e. The van der Waals surface area contributed by atoms with Gasteiger partial charge in [-0.1, -0.05) is 0 Å². The molecular weight excluding hydrogens is 137 g/mol. The van der Waals surface area contributed by atoms with Gasteiger partial charge in [-0.3, -0.25) is 0 Å². The molecule has 0 saturated heterocycles. The van der Waals surface area contributed by atoms with Crippen LogP contribution in [0.3, 0.4) is 0 Å². The fourth-order valence-electron chi connectivity index (χ4n) is 0.421. The van der Waals surface area contributed by atoms with E-state index in [0.29, 0.717) is 0 Å². The van der Waals surface area contributed by atoms with Crippen LogP contribution in [-0.4, -0.2) is 6.04 Å². The molecule has 0 aromatic heterocycles. The van der Waals surface area contributed by atoms with E-state index < -0.39 is 18.1 Å². The largest absolute Gasteiger partial charge is 0.408 e. The SMILES string of the molecule is CC1(F)OC(F)=C(F)O1. The molecule has 0 unspecified atom stereocenters. The van der Waals surface area contributed by atoms with Crippen LogP contribution in [0.15, 0.2) is 12.0 Å². The molecule has 0 amide bonds. The number of ether oxygens (including phenoxy) is 2. The molecule has 0 aromatic rings. The fraction of sp³-hybridized carbons (Fsp3) is 0.500. The zero-order valence-electron chi connectivity index (χ0n) is 4.45. The van der Waals surface area contributed by atoms with Crippen molar-refractivity contribution >= 4 is 0 Å². The summed E-state index contributed by atoms with van der Waals surface area (Å²) in [5, 5.41) is 0. The summed E-state index contributed by atoms with van der Waals surface area (Å²) in [5.74, 6) is 0. The van der Waals surface area contributed by atoms with Crippen LogP contribution in [0.5, 0.6) is 0 Å². The van der Waals surface area contributed by atoms with Gasteiger partial charge in [-0.25, -0.2) is 0 Å². The van der Waals surface area contributed by atoms with Crippen molar-refractivity contribution in [2.75, 3.05) is 0 Å². The van der Waals surface area contributed by atoms with E-state index in [1.165, 1.54) is 0 Å². The van der Waals surface area contributed by atoms with Gasteiger partial charge in [0.2, 0.25) is 0 Å². The maximum Gasteiger partial charge on any atom is 0.408 e. The number of hydrogen-bond acceptors (Lipinski definition) is 2. The summed E-state index contributed by atoms with van der Waals surface area (Å²) in [6, 6.07) is -5.99. The molecule has 0 bridgehead atoms. The van der Waals surface area contributed by atoms with Gasteiger partial charge in [0, 0.05) is 6.92 Å². The highest BCUT2D eigenvalue weighted by atomic mass is 19.2.